The first-order valence-electron chi connectivity index (χ1n) is 8.06. The summed E-state index contributed by atoms with van der Waals surface area (Å²) in [7, 11) is 0. The third-order valence-corrected chi connectivity index (χ3v) is 4.36. The number of benzene rings is 1. The maximum absolute atomic E-state index is 13.0. The molecule has 3 aromatic rings. The molecule has 0 saturated carbocycles. The highest BCUT2D eigenvalue weighted by molar-refractivity contribution is 7.99. The minimum Gasteiger partial charge on any atom is -0.341 e. The van der Waals surface area contributed by atoms with E-state index < -0.39 is 6.04 Å². The van der Waals surface area contributed by atoms with E-state index >= 15 is 0 Å². The number of amides is 1. The fourth-order valence-electron chi connectivity index (χ4n) is 2.25. The molecule has 0 saturated heterocycles. The van der Waals surface area contributed by atoms with Crippen LogP contribution in [0, 0.1) is 5.82 Å². The highest BCUT2D eigenvalue weighted by Gasteiger charge is 2.18. The van der Waals surface area contributed by atoms with Gasteiger partial charge < -0.3 is 9.84 Å². The van der Waals surface area contributed by atoms with Crippen LogP contribution in [0.3, 0.4) is 0 Å². The summed E-state index contributed by atoms with van der Waals surface area (Å²) in [6.07, 6.45) is 1.61. The van der Waals surface area contributed by atoms with Gasteiger partial charge in [0.25, 0.3) is 5.91 Å². The molecular weight excluding hydrogens is 355 g/mol. The van der Waals surface area contributed by atoms with Crippen molar-refractivity contribution in [2.45, 2.75) is 24.9 Å². The molecule has 134 valence electrons. The average Bonchev–Trinajstić information content (AvgIpc) is 3.13. The van der Waals surface area contributed by atoms with Gasteiger partial charge in [-0.2, -0.15) is 4.98 Å². The number of thioether (sulfide) groups is 1. The Kier molecular flexibility index (Phi) is 5.62. The van der Waals surface area contributed by atoms with Crippen molar-refractivity contribution in [3.63, 3.8) is 0 Å². The van der Waals surface area contributed by atoms with E-state index in [2.05, 4.69) is 20.4 Å². The molecular formula is C18H17FN4O2S. The zero-order valence-electron chi connectivity index (χ0n) is 14.3. The molecule has 1 aromatic carbocycles. The highest BCUT2D eigenvalue weighted by Crippen LogP contribution is 2.20. The molecule has 0 aliphatic rings. The highest BCUT2D eigenvalue weighted by atomic mass is 32.2. The molecule has 2 heterocycles. The first kappa shape index (κ1) is 18.1. The molecule has 3 rings (SSSR count). The van der Waals surface area contributed by atoms with Crippen LogP contribution in [0.4, 0.5) is 4.39 Å². The van der Waals surface area contributed by atoms with Gasteiger partial charge in [-0.05, 0) is 49.1 Å². The van der Waals surface area contributed by atoms with Crippen molar-refractivity contribution >= 4 is 17.7 Å². The Bertz CT molecular complexity index is 898. The summed E-state index contributed by atoms with van der Waals surface area (Å²) in [5, 5.41) is 7.50. The normalized spacial score (nSPS) is 12.0. The lowest BCUT2D eigenvalue weighted by Crippen LogP contribution is -2.26. The van der Waals surface area contributed by atoms with Crippen LogP contribution >= 0.6 is 11.8 Å². The Hall–Kier alpha value is -2.74. The van der Waals surface area contributed by atoms with Crippen molar-refractivity contribution in [3.8, 4) is 11.4 Å². The second-order valence-corrected chi connectivity index (χ2v) is 6.76. The van der Waals surface area contributed by atoms with Gasteiger partial charge in [0.05, 0.1) is 5.03 Å². The van der Waals surface area contributed by atoms with E-state index in [1.165, 1.54) is 12.1 Å². The van der Waals surface area contributed by atoms with Crippen molar-refractivity contribution in [2.75, 3.05) is 5.75 Å². The Morgan fingerprint density at radius 3 is 2.81 bits per heavy atom. The number of rotatable bonds is 6. The topological polar surface area (TPSA) is 80.9 Å². The van der Waals surface area contributed by atoms with Crippen LogP contribution in [0.25, 0.3) is 11.4 Å². The van der Waals surface area contributed by atoms with E-state index in [1.54, 1.807) is 49.1 Å². The van der Waals surface area contributed by atoms with Crippen molar-refractivity contribution in [3.05, 3.63) is 59.9 Å². The third-order valence-electron chi connectivity index (χ3n) is 3.55. The molecule has 1 amide bonds. The molecule has 1 atom stereocenters. The van der Waals surface area contributed by atoms with Gasteiger partial charge in [-0.1, -0.05) is 12.1 Å². The molecule has 26 heavy (non-hydrogen) atoms. The molecule has 0 aliphatic heterocycles. The van der Waals surface area contributed by atoms with Crippen molar-refractivity contribution < 1.29 is 13.7 Å². The fourth-order valence-corrected chi connectivity index (χ4v) is 2.89. The van der Waals surface area contributed by atoms with Crippen LogP contribution in [0.5, 0.6) is 0 Å². The van der Waals surface area contributed by atoms with Gasteiger partial charge in [0.1, 0.15) is 11.9 Å². The standard InChI is InChI=1S/C18H17FN4O2S/c1-3-26-15-10-13(8-9-20-15)17(24)21-11(2)18-22-16(23-25-18)12-4-6-14(19)7-5-12/h4-11H,3H2,1-2H3,(H,21,24). The van der Waals surface area contributed by atoms with Crippen LogP contribution < -0.4 is 5.32 Å². The maximum Gasteiger partial charge on any atom is 0.252 e. The van der Waals surface area contributed by atoms with Crippen molar-refractivity contribution in [2.24, 2.45) is 0 Å². The first-order chi connectivity index (χ1) is 12.6. The van der Waals surface area contributed by atoms with Crippen LogP contribution in [0.2, 0.25) is 0 Å². The molecule has 2 aromatic heterocycles. The molecule has 0 bridgehead atoms. The van der Waals surface area contributed by atoms with Gasteiger partial charge in [-0.25, -0.2) is 9.37 Å². The Morgan fingerprint density at radius 2 is 2.08 bits per heavy atom. The van der Waals surface area contributed by atoms with E-state index in [4.69, 9.17) is 4.52 Å². The van der Waals surface area contributed by atoms with Gasteiger partial charge in [0.15, 0.2) is 0 Å². The number of carbonyl (C=O) groups is 1. The summed E-state index contributed by atoms with van der Waals surface area (Å²) in [6, 6.07) is 8.71. The Balaban J connectivity index is 1.70. The molecule has 0 spiro atoms. The second-order valence-electron chi connectivity index (χ2n) is 5.47. The summed E-state index contributed by atoms with van der Waals surface area (Å²) in [6.45, 7) is 3.78. The minimum absolute atomic E-state index is 0.251. The van der Waals surface area contributed by atoms with E-state index in [0.717, 1.165) is 10.8 Å². The number of nitrogens with one attached hydrogen (secondary N) is 1. The van der Waals surface area contributed by atoms with Gasteiger partial charge in [-0.15, -0.1) is 11.8 Å². The van der Waals surface area contributed by atoms with Gasteiger partial charge >= 0.3 is 0 Å². The van der Waals surface area contributed by atoms with E-state index in [0.29, 0.717) is 17.0 Å². The van der Waals surface area contributed by atoms with Gasteiger partial charge in [-0.3, -0.25) is 4.79 Å². The third kappa shape index (κ3) is 4.26. The lowest BCUT2D eigenvalue weighted by Gasteiger charge is -2.10. The van der Waals surface area contributed by atoms with Crippen molar-refractivity contribution in [1.82, 2.24) is 20.4 Å². The van der Waals surface area contributed by atoms with Gasteiger partial charge in [0.2, 0.25) is 11.7 Å². The van der Waals surface area contributed by atoms with Crippen molar-refractivity contribution in [1.29, 1.82) is 0 Å². The lowest BCUT2D eigenvalue weighted by molar-refractivity contribution is 0.0932. The zero-order chi connectivity index (χ0) is 18.5. The quantitative estimate of drug-likeness (QED) is 0.662. The lowest BCUT2D eigenvalue weighted by atomic mass is 10.2. The molecule has 0 fully saturated rings. The summed E-state index contributed by atoms with van der Waals surface area (Å²) < 4.78 is 18.2. The number of aromatic nitrogens is 3. The predicted octanol–water partition coefficient (Wildman–Crippen LogP) is 3.87. The Labute approximate surface area is 154 Å². The number of hydrogen-bond acceptors (Lipinski definition) is 6. The number of nitrogens with zero attached hydrogens (tertiary/aromatic N) is 3. The van der Waals surface area contributed by atoms with Crippen LogP contribution in [-0.2, 0) is 0 Å². The molecule has 1 unspecified atom stereocenters. The molecule has 0 radical (unpaired) electrons. The summed E-state index contributed by atoms with van der Waals surface area (Å²) in [4.78, 5) is 20.9. The van der Waals surface area contributed by atoms with Crippen LogP contribution in [0.1, 0.15) is 36.1 Å². The monoisotopic (exact) mass is 372 g/mol. The SMILES string of the molecule is CCSc1cc(C(=O)NC(C)c2nc(-c3ccc(F)cc3)no2)ccn1. The van der Waals surface area contributed by atoms with E-state index in [-0.39, 0.29) is 17.6 Å². The van der Waals surface area contributed by atoms with Gasteiger partial charge in [0, 0.05) is 17.3 Å². The maximum atomic E-state index is 13.0. The fraction of sp³-hybridized carbons (Fsp3) is 0.222. The largest absolute Gasteiger partial charge is 0.341 e. The first-order valence-corrected chi connectivity index (χ1v) is 9.04. The molecule has 1 N–H and O–H groups in total. The van der Waals surface area contributed by atoms with E-state index in [1.807, 2.05) is 6.92 Å². The smallest absolute Gasteiger partial charge is 0.252 e. The number of halogens is 1. The summed E-state index contributed by atoms with van der Waals surface area (Å²) >= 11 is 1.57. The summed E-state index contributed by atoms with van der Waals surface area (Å²) in [5.74, 6) is 0.903. The van der Waals surface area contributed by atoms with E-state index in [9.17, 15) is 9.18 Å². The minimum atomic E-state index is -0.473. The molecule has 6 nitrogen and oxygen atoms in total. The second kappa shape index (κ2) is 8.09. The Morgan fingerprint density at radius 1 is 1.31 bits per heavy atom. The number of carbonyl (C=O) groups excluding carboxylic acids is 1. The number of hydrogen-bond donors (Lipinski definition) is 1. The van der Waals surface area contributed by atoms with Crippen LogP contribution in [-0.4, -0.2) is 26.8 Å². The molecule has 8 heteroatoms. The number of pyridine rings is 1. The average molecular weight is 372 g/mol. The zero-order valence-corrected chi connectivity index (χ0v) is 15.1. The predicted molar refractivity (Wildman–Crippen MR) is 96.2 cm³/mol. The van der Waals surface area contributed by atoms with Crippen LogP contribution in [0.15, 0.2) is 52.1 Å². The summed E-state index contributed by atoms with van der Waals surface area (Å²) in [5.41, 5.74) is 1.15. The molecule has 0 aliphatic carbocycles.